The average Bonchev–Trinajstić information content (AvgIpc) is 2.87. The van der Waals surface area contributed by atoms with Crippen LogP contribution in [0.3, 0.4) is 0 Å². The van der Waals surface area contributed by atoms with Gasteiger partial charge in [-0.05, 0) is 41.1 Å². The van der Waals surface area contributed by atoms with Gasteiger partial charge in [-0.15, -0.1) is 0 Å². The highest BCUT2D eigenvalue weighted by Gasteiger charge is 2.30. The monoisotopic (exact) mass is 326 g/mol. The molecule has 5 heteroatoms. The maximum Gasteiger partial charge on any atom is 0.148 e. The molecule has 1 saturated heterocycles. The first-order valence-electron chi connectivity index (χ1n) is 7.16. The van der Waals surface area contributed by atoms with Gasteiger partial charge < -0.3 is 10.2 Å². The van der Waals surface area contributed by atoms with Crippen LogP contribution in [0, 0.1) is 5.92 Å². The molecule has 2 heterocycles. The molecular weight excluding hydrogens is 304 g/mol. The normalized spacial score (nSPS) is 19.2. The SMILES string of the molecule is CCCNc1ncnc(N2CCCC2C(C)C)c1Br. The van der Waals surface area contributed by atoms with Crippen molar-refractivity contribution < 1.29 is 0 Å². The second kappa shape index (κ2) is 6.55. The topological polar surface area (TPSA) is 41.1 Å². The fraction of sp³-hybridized carbons (Fsp3) is 0.714. The van der Waals surface area contributed by atoms with Gasteiger partial charge in [0.15, 0.2) is 0 Å². The first-order valence-corrected chi connectivity index (χ1v) is 7.95. The third-order valence-corrected chi connectivity index (χ3v) is 4.38. The molecule has 1 unspecified atom stereocenters. The number of nitrogens with one attached hydrogen (secondary N) is 1. The highest BCUT2D eigenvalue weighted by molar-refractivity contribution is 9.10. The van der Waals surface area contributed by atoms with Crippen molar-refractivity contribution in [2.45, 2.75) is 46.1 Å². The molecule has 4 nitrogen and oxygen atoms in total. The van der Waals surface area contributed by atoms with Gasteiger partial charge in [0.2, 0.25) is 0 Å². The van der Waals surface area contributed by atoms with E-state index in [4.69, 9.17) is 0 Å². The number of hydrogen-bond acceptors (Lipinski definition) is 4. The molecule has 1 aromatic heterocycles. The van der Waals surface area contributed by atoms with E-state index in [1.54, 1.807) is 6.33 Å². The van der Waals surface area contributed by atoms with Gasteiger partial charge in [-0.1, -0.05) is 20.8 Å². The Kier molecular flexibility index (Phi) is 5.02. The summed E-state index contributed by atoms with van der Waals surface area (Å²) >= 11 is 3.67. The third kappa shape index (κ3) is 3.19. The molecular formula is C14H23BrN4. The summed E-state index contributed by atoms with van der Waals surface area (Å²) in [5, 5.41) is 3.35. The summed E-state index contributed by atoms with van der Waals surface area (Å²) in [7, 11) is 0. The van der Waals surface area contributed by atoms with E-state index >= 15 is 0 Å². The van der Waals surface area contributed by atoms with E-state index < -0.39 is 0 Å². The van der Waals surface area contributed by atoms with Crippen LogP contribution in [0.15, 0.2) is 10.8 Å². The lowest BCUT2D eigenvalue weighted by Gasteiger charge is -2.29. The molecule has 1 N–H and O–H groups in total. The maximum atomic E-state index is 4.49. The molecule has 1 aliphatic rings. The number of anilines is 2. The van der Waals surface area contributed by atoms with Crippen LogP contribution < -0.4 is 10.2 Å². The maximum absolute atomic E-state index is 4.49. The molecule has 1 fully saturated rings. The fourth-order valence-electron chi connectivity index (χ4n) is 2.68. The van der Waals surface area contributed by atoms with Crippen LogP contribution in [0.5, 0.6) is 0 Å². The Morgan fingerprint density at radius 1 is 1.47 bits per heavy atom. The van der Waals surface area contributed by atoms with E-state index in [0.717, 1.165) is 35.6 Å². The molecule has 106 valence electrons. The zero-order valence-corrected chi connectivity index (χ0v) is 13.6. The van der Waals surface area contributed by atoms with Gasteiger partial charge in [0.25, 0.3) is 0 Å². The molecule has 1 atom stereocenters. The molecule has 2 rings (SSSR count). The minimum absolute atomic E-state index is 0.588. The van der Waals surface area contributed by atoms with Gasteiger partial charge >= 0.3 is 0 Å². The van der Waals surface area contributed by atoms with Crippen molar-refractivity contribution in [1.29, 1.82) is 0 Å². The van der Waals surface area contributed by atoms with Crippen molar-refractivity contribution in [3.05, 3.63) is 10.8 Å². The fourth-order valence-corrected chi connectivity index (χ4v) is 3.25. The van der Waals surface area contributed by atoms with Crippen molar-refractivity contribution in [2.75, 3.05) is 23.3 Å². The lowest BCUT2D eigenvalue weighted by atomic mass is 10.0. The van der Waals surface area contributed by atoms with E-state index in [2.05, 4.69) is 56.9 Å². The van der Waals surface area contributed by atoms with Crippen LogP contribution >= 0.6 is 15.9 Å². The number of nitrogens with zero attached hydrogens (tertiary/aromatic N) is 3. The summed E-state index contributed by atoms with van der Waals surface area (Å²) in [5.74, 6) is 2.59. The minimum Gasteiger partial charge on any atom is -0.369 e. The number of halogens is 1. The third-order valence-electron chi connectivity index (χ3n) is 3.65. The number of rotatable bonds is 5. The van der Waals surface area contributed by atoms with Crippen molar-refractivity contribution in [2.24, 2.45) is 5.92 Å². The molecule has 1 aliphatic heterocycles. The highest BCUT2D eigenvalue weighted by atomic mass is 79.9. The Bertz CT molecular complexity index is 422. The number of aromatic nitrogens is 2. The van der Waals surface area contributed by atoms with Gasteiger partial charge in [0.05, 0.1) is 0 Å². The van der Waals surface area contributed by atoms with E-state index in [1.165, 1.54) is 12.8 Å². The van der Waals surface area contributed by atoms with Crippen LogP contribution in [0.25, 0.3) is 0 Å². The molecule has 0 radical (unpaired) electrons. The van der Waals surface area contributed by atoms with Crippen molar-refractivity contribution in [3.63, 3.8) is 0 Å². The Hall–Kier alpha value is -0.840. The zero-order valence-electron chi connectivity index (χ0n) is 12.0. The first kappa shape index (κ1) is 14.6. The van der Waals surface area contributed by atoms with Crippen LogP contribution in [0.2, 0.25) is 0 Å². The van der Waals surface area contributed by atoms with E-state index in [9.17, 15) is 0 Å². The average molecular weight is 327 g/mol. The summed E-state index contributed by atoms with van der Waals surface area (Å²) in [6.07, 6.45) is 5.25. The summed E-state index contributed by atoms with van der Waals surface area (Å²) in [6.45, 7) is 8.75. The van der Waals surface area contributed by atoms with Crippen LogP contribution in [0.1, 0.15) is 40.0 Å². The second-order valence-corrected chi connectivity index (χ2v) is 6.23. The molecule has 0 amide bonds. The van der Waals surface area contributed by atoms with E-state index in [1.807, 2.05) is 0 Å². The van der Waals surface area contributed by atoms with Gasteiger partial charge in [-0.25, -0.2) is 9.97 Å². The standard InChI is InChI=1S/C14H23BrN4/c1-4-7-16-13-12(15)14(18-9-17-13)19-8-5-6-11(19)10(2)3/h9-11H,4-8H2,1-3H3,(H,16,17,18). The van der Waals surface area contributed by atoms with E-state index in [0.29, 0.717) is 12.0 Å². The lowest BCUT2D eigenvalue weighted by Crippen LogP contribution is -2.34. The van der Waals surface area contributed by atoms with Gasteiger partial charge in [0.1, 0.15) is 22.4 Å². The summed E-state index contributed by atoms with van der Waals surface area (Å²) in [5.41, 5.74) is 0. The summed E-state index contributed by atoms with van der Waals surface area (Å²) in [4.78, 5) is 11.2. The molecule has 0 spiro atoms. The summed E-state index contributed by atoms with van der Waals surface area (Å²) < 4.78 is 0.996. The first-order chi connectivity index (χ1) is 9.15. The molecule has 0 bridgehead atoms. The molecule has 0 aliphatic carbocycles. The van der Waals surface area contributed by atoms with Crippen LogP contribution in [-0.2, 0) is 0 Å². The molecule has 0 saturated carbocycles. The van der Waals surface area contributed by atoms with Gasteiger partial charge in [0, 0.05) is 19.1 Å². The van der Waals surface area contributed by atoms with Gasteiger partial charge in [-0.2, -0.15) is 0 Å². The largest absolute Gasteiger partial charge is 0.369 e. The Labute approximate surface area is 124 Å². The van der Waals surface area contributed by atoms with Crippen molar-refractivity contribution >= 4 is 27.6 Å². The van der Waals surface area contributed by atoms with Crippen LogP contribution in [0.4, 0.5) is 11.6 Å². The van der Waals surface area contributed by atoms with E-state index in [-0.39, 0.29) is 0 Å². The molecule has 19 heavy (non-hydrogen) atoms. The Balaban J connectivity index is 2.24. The quantitative estimate of drug-likeness (QED) is 0.896. The zero-order chi connectivity index (χ0) is 13.8. The smallest absolute Gasteiger partial charge is 0.148 e. The predicted octanol–water partition coefficient (Wildman–Crippen LogP) is 3.69. The van der Waals surface area contributed by atoms with Crippen LogP contribution in [-0.4, -0.2) is 29.1 Å². The minimum atomic E-state index is 0.588. The Morgan fingerprint density at radius 3 is 2.95 bits per heavy atom. The summed E-state index contributed by atoms with van der Waals surface area (Å²) in [6, 6.07) is 0.588. The molecule has 1 aromatic rings. The number of hydrogen-bond donors (Lipinski definition) is 1. The van der Waals surface area contributed by atoms with Gasteiger partial charge in [-0.3, -0.25) is 0 Å². The lowest BCUT2D eigenvalue weighted by molar-refractivity contribution is 0.489. The second-order valence-electron chi connectivity index (χ2n) is 5.43. The predicted molar refractivity (Wildman–Crippen MR) is 83.7 cm³/mol. The molecule has 0 aromatic carbocycles. The van der Waals surface area contributed by atoms with Crippen molar-refractivity contribution in [1.82, 2.24) is 9.97 Å². The Morgan fingerprint density at radius 2 is 2.26 bits per heavy atom. The highest BCUT2D eigenvalue weighted by Crippen LogP contribution is 2.35. The van der Waals surface area contributed by atoms with Crippen molar-refractivity contribution in [3.8, 4) is 0 Å².